The molecule has 0 bridgehead atoms. The minimum atomic E-state index is 0.0660. The van der Waals surface area contributed by atoms with Crippen molar-refractivity contribution in [3.63, 3.8) is 0 Å². The van der Waals surface area contributed by atoms with Crippen LogP contribution in [0.3, 0.4) is 0 Å². The summed E-state index contributed by atoms with van der Waals surface area (Å²) in [6, 6.07) is 35.1. The lowest BCUT2D eigenvalue weighted by atomic mass is 10.1. The second kappa shape index (κ2) is 9.96. The van der Waals surface area contributed by atoms with Crippen LogP contribution in [-0.2, 0) is 13.2 Å². The van der Waals surface area contributed by atoms with Crippen molar-refractivity contribution in [1.29, 1.82) is 0 Å². The third-order valence-corrected chi connectivity index (χ3v) is 5.47. The molecule has 3 aromatic carbocycles. The quantitative estimate of drug-likeness (QED) is 0.240. The van der Waals surface area contributed by atoms with Crippen molar-refractivity contribution in [3.05, 3.63) is 133 Å². The molecule has 34 heavy (non-hydrogen) atoms. The SMILES string of the molecule is O=C(C[n+]1cccc(-c2cc(COc3ccccc3)nn2-c2ccccc2)c1)c1ccccc1. The molecule has 5 rings (SSSR count). The molecule has 0 saturated carbocycles. The Hall–Kier alpha value is -4.51. The van der Waals surface area contributed by atoms with Gasteiger partial charge in [-0.2, -0.15) is 9.67 Å². The Kier molecular flexibility index (Phi) is 6.25. The summed E-state index contributed by atoms with van der Waals surface area (Å²) >= 11 is 0. The van der Waals surface area contributed by atoms with E-state index in [0.29, 0.717) is 12.2 Å². The zero-order valence-corrected chi connectivity index (χ0v) is 18.6. The number of para-hydroxylation sites is 2. The first kappa shape index (κ1) is 21.3. The Labute approximate surface area is 198 Å². The van der Waals surface area contributed by atoms with Gasteiger partial charge in [0.15, 0.2) is 12.4 Å². The maximum atomic E-state index is 12.7. The lowest BCUT2D eigenvalue weighted by Gasteiger charge is -2.07. The molecule has 0 saturated heterocycles. The first-order valence-corrected chi connectivity index (χ1v) is 11.2. The minimum Gasteiger partial charge on any atom is -0.487 e. The summed E-state index contributed by atoms with van der Waals surface area (Å²) in [5.74, 6) is 0.867. The van der Waals surface area contributed by atoms with Crippen LogP contribution in [0.2, 0.25) is 0 Å². The lowest BCUT2D eigenvalue weighted by Crippen LogP contribution is -2.37. The molecular weight excluding hydrogens is 422 g/mol. The van der Waals surface area contributed by atoms with Crippen molar-refractivity contribution in [3.8, 4) is 22.7 Å². The van der Waals surface area contributed by atoms with Gasteiger partial charge in [-0.3, -0.25) is 4.79 Å². The van der Waals surface area contributed by atoms with Crippen LogP contribution in [0.1, 0.15) is 16.1 Å². The number of hydrogen-bond donors (Lipinski definition) is 0. The Morgan fingerprint density at radius 3 is 2.24 bits per heavy atom. The van der Waals surface area contributed by atoms with Crippen LogP contribution in [0.5, 0.6) is 5.75 Å². The van der Waals surface area contributed by atoms with E-state index < -0.39 is 0 Å². The smallest absolute Gasteiger partial charge is 0.227 e. The molecule has 0 spiro atoms. The van der Waals surface area contributed by atoms with Crippen molar-refractivity contribution >= 4 is 5.78 Å². The van der Waals surface area contributed by atoms with Gasteiger partial charge < -0.3 is 4.74 Å². The number of rotatable bonds is 8. The van der Waals surface area contributed by atoms with Crippen LogP contribution in [0.25, 0.3) is 16.9 Å². The highest BCUT2D eigenvalue weighted by Crippen LogP contribution is 2.24. The van der Waals surface area contributed by atoms with Gasteiger partial charge >= 0.3 is 0 Å². The second-order valence-corrected chi connectivity index (χ2v) is 7.92. The summed E-state index contributed by atoms with van der Waals surface area (Å²) in [6.45, 7) is 0.622. The highest BCUT2D eigenvalue weighted by Gasteiger charge is 2.17. The first-order valence-electron chi connectivity index (χ1n) is 11.2. The molecule has 0 aliphatic rings. The van der Waals surface area contributed by atoms with Crippen LogP contribution < -0.4 is 9.30 Å². The number of pyridine rings is 1. The molecule has 0 atom stereocenters. The molecular formula is C29H24N3O2+. The van der Waals surface area contributed by atoms with Gasteiger partial charge in [0.25, 0.3) is 0 Å². The molecule has 0 amide bonds. The van der Waals surface area contributed by atoms with Crippen LogP contribution in [0.4, 0.5) is 0 Å². The summed E-state index contributed by atoms with van der Waals surface area (Å²) in [6.07, 6.45) is 3.89. The number of carbonyl (C=O) groups excluding carboxylic acids is 1. The minimum absolute atomic E-state index is 0.0660. The highest BCUT2D eigenvalue weighted by atomic mass is 16.5. The van der Waals surface area contributed by atoms with Crippen molar-refractivity contribution in [2.45, 2.75) is 13.2 Å². The summed E-state index contributed by atoms with van der Waals surface area (Å²) in [5, 5.41) is 4.83. The Balaban J connectivity index is 1.45. The van der Waals surface area contributed by atoms with E-state index in [2.05, 4.69) is 0 Å². The van der Waals surface area contributed by atoms with E-state index in [4.69, 9.17) is 9.84 Å². The van der Waals surface area contributed by atoms with E-state index in [1.807, 2.05) is 131 Å². The van der Waals surface area contributed by atoms with Gasteiger partial charge in [0, 0.05) is 11.6 Å². The van der Waals surface area contributed by atoms with E-state index in [1.54, 1.807) is 0 Å². The maximum Gasteiger partial charge on any atom is 0.227 e. The number of benzene rings is 3. The van der Waals surface area contributed by atoms with Crippen molar-refractivity contribution in [2.24, 2.45) is 0 Å². The predicted molar refractivity (Wildman–Crippen MR) is 131 cm³/mol. The normalized spacial score (nSPS) is 10.7. The number of Topliss-reactive ketones (excluding diaryl/α,β-unsaturated/α-hetero) is 1. The van der Waals surface area contributed by atoms with Crippen molar-refractivity contribution in [2.75, 3.05) is 0 Å². The summed E-state index contributed by atoms with van der Waals surface area (Å²) in [7, 11) is 0. The lowest BCUT2D eigenvalue weighted by molar-refractivity contribution is -0.682. The molecule has 166 valence electrons. The van der Waals surface area contributed by atoms with E-state index in [-0.39, 0.29) is 12.3 Å². The number of nitrogens with zero attached hydrogens (tertiary/aromatic N) is 3. The van der Waals surface area contributed by atoms with Gasteiger partial charge in [-0.25, -0.2) is 4.68 Å². The average Bonchev–Trinajstić information content (AvgIpc) is 3.34. The monoisotopic (exact) mass is 446 g/mol. The zero-order chi connectivity index (χ0) is 23.2. The largest absolute Gasteiger partial charge is 0.487 e. The zero-order valence-electron chi connectivity index (χ0n) is 18.6. The number of hydrogen-bond acceptors (Lipinski definition) is 3. The van der Waals surface area contributed by atoms with Crippen molar-refractivity contribution in [1.82, 2.24) is 9.78 Å². The molecule has 0 unspecified atom stereocenters. The first-order chi connectivity index (χ1) is 16.8. The number of carbonyl (C=O) groups is 1. The summed E-state index contributed by atoms with van der Waals surface area (Å²) in [5.41, 5.74) is 4.37. The summed E-state index contributed by atoms with van der Waals surface area (Å²) < 4.78 is 9.76. The third-order valence-electron chi connectivity index (χ3n) is 5.47. The predicted octanol–water partition coefficient (Wildman–Crippen LogP) is 5.29. The molecule has 0 aliphatic carbocycles. The van der Waals surface area contributed by atoms with Gasteiger partial charge in [0.05, 0.1) is 16.9 Å². The van der Waals surface area contributed by atoms with Crippen LogP contribution in [0.15, 0.2) is 122 Å². The Morgan fingerprint density at radius 2 is 1.50 bits per heavy atom. The van der Waals surface area contributed by atoms with E-state index in [0.717, 1.165) is 28.4 Å². The van der Waals surface area contributed by atoms with E-state index >= 15 is 0 Å². The Morgan fingerprint density at radius 1 is 0.824 bits per heavy atom. The topological polar surface area (TPSA) is 48.0 Å². The molecule has 2 aromatic heterocycles. The Bertz CT molecular complexity index is 1380. The standard InChI is InChI=1S/C29H24N3O2/c33-29(23-11-4-1-5-12-23)21-31-18-10-13-24(20-31)28-19-25(22-34-27-16-8-3-9-17-27)30-32(28)26-14-6-2-7-15-26/h1-20H,21-22H2/q+1. The van der Waals surface area contributed by atoms with Gasteiger partial charge in [-0.1, -0.05) is 66.7 Å². The molecule has 2 heterocycles. The molecule has 0 N–H and O–H groups in total. The van der Waals surface area contributed by atoms with Crippen LogP contribution in [-0.4, -0.2) is 15.6 Å². The molecule has 5 aromatic rings. The molecule has 0 fully saturated rings. The van der Waals surface area contributed by atoms with Gasteiger partial charge in [-0.05, 0) is 36.4 Å². The third kappa shape index (κ3) is 4.94. The number of aromatic nitrogens is 3. The fourth-order valence-electron chi connectivity index (χ4n) is 3.80. The summed E-state index contributed by atoms with van der Waals surface area (Å²) in [4.78, 5) is 12.7. The molecule has 5 nitrogen and oxygen atoms in total. The molecule has 0 radical (unpaired) electrons. The fraction of sp³-hybridized carbons (Fsp3) is 0.0690. The van der Waals surface area contributed by atoms with Gasteiger partial charge in [0.2, 0.25) is 12.3 Å². The van der Waals surface area contributed by atoms with Crippen molar-refractivity contribution < 1.29 is 14.1 Å². The van der Waals surface area contributed by atoms with E-state index in [9.17, 15) is 4.79 Å². The van der Waals surface area contributed by atoms with Crippen LogP contribution in [0, 0.1) is 0 Å². The van der Waals surface area contributed by atoms with Crippen LogP contribution >= 0.6 is 0 Å². The average molecular weight is 447 g/mol. The highest BCUT2D eigenvalue weighted by molar-refractivity contribution is 5.94. The van der Waals surface area contributed by atoms with Gasteiger partial charge in [-0.15, -0.1) is 0 Å². The number of ketones is 1. The molecule has 5 heteroatoms. The maximum absolute atomic E-state index is 12.7. The number of ether oxygens (including phenoxy) is 1. The van der Waals surface area contributed by atoms with E-state index in [1.165, 1.54) is 0 Å². The second-order valence-electron chi connectivity index (χ2n) is 7.92. The van der Waals surface area contributed by atoms with Gasteiger partial charge in [0.1, 0.15) is 18.1 Å². The fourth-order valence-corrected chi connectivity index (χ4v) is 3.80. The molecule has 0 aliphatic heterocycles.